The minimum Gasteiger partial charge on any atom is -0.462 e. The zero-order chi connectivity index (χ0) is 18.6. The van der Waals surface area contributed by atoms with Gasteiger partial charge in [0.15, 0.2) is 0 Å². The van der Waals surface area contributed by atoms with Crippen LogP contribution in [0.4, 0.5) is 5.69 Å². The molecule has 0 radical (unpaired) electrons. The maximum atomic E-state index is 12.1. The first-order valence-corrected chi connectivity index (χ1v) is 8.17. The Labute approximate surface area is 145 Å². The first kappa shape index (κ1) is 18.6. The molecule has 0 spiro atoms. The summed E-state index contributed by atoms with van der Waals surface area (Å²) in [5.41, 5.74) is 0.532. The van der Waals surface area contributed by atoms with E-state index in [1.54, 1.807) is 19.9 Å². The lowest BCUT2D eigenvalue weighted by Gasteiger charge is -2.16. The Morgan fingerprint density at radius 3 is 2.44 bits per heavy atom. The van der Waals surface area contributed by atoms with Gasteiger partial charge in [-0.1, -0.05) is 24.3 Å². The van der Waals surface area contributed by atoms with Gasteiger partial charge in [-0.15, -0.1) is 0 Å². The fraction of sp³-hybridized carbons (Fsp3) is 0.368. The van der Waals surface area contributed by atoms with Gasteiger partial charge in [0.2, 0.25) is 0 Å². The molecule has 1 atom stereocenters. The Kier molecular flexibility index (Phi) is 5.85. The van der Waals surface area contributed by atoms with E-state index >= 15 is 0 Å². The van der Waals surface area contributed by atoms with Gasteiger partial charge in [-0.05, 0) is 50.5 Å². The standard InChI is InChI=1S/C19H21NO5/c1-12(2)25-19(22)15(13(3)21)9-10-17-16-7-5-4-6-14(16)8-11-18(17)20(23)24/h4-8,11-12,15H,9-10H2,1-3H3. The Balaban J connectivity index is 2.35. The van der Waals surface area contributed by atoms with Crippen LogP contribution in [-0.2, 0) is 20.7 Å². The third-order valence-corrected chi connectivity index (χ3v) is 4.02. The molecule has 0 amide bonds. The van der Waals surface area contributed by atoms with Gasteiger partial charge in [-0.2, -0.15) is 0 Å². The van der Waals surface area contributed by atoms with E-state index in [4.69, 9.17) is 4.74 Å². The number of nitrogens with zero attached hydrogens (tertiary/aromatic N) is 1. The van der Waals surface area contributed by atoms with Crippen LogP contribution in [0.25, 0.3) is 10.8 Å². The molecular weight excluding hydrogens is 322 g/mol. The largest absolute Gasteiger partial charge is 0.462 e. The molecule has 2 aromatic rings. The summed E-state index contributed by atoms with van der Waals surface area (Å²) >= 11 is 0. The number of benzene rings is 2. The zero-order valence-corrected chi connectivity index (χ0v) is 14.5. The molecule has 0 saturated carbocycles. The summed E-state index contributed by atoms with van der Waals surface area (Å²) in [4.78, 5) is 34.9. The Bertz CT molecular complexity index is 813. The quantitative estimate of drug-likeness (QED) is 0.330. The molecule has 0 aliphatic heterocycles. The van der Waals surface area contributed by atoms with E-state index in [1.807, 2.05) is 24.3 Å². The summed E-state index contributed by atoms with van der Waals surface area (Å²) in [6.45, 7) is 4.76. The van der Waals surface area contributed by atoms with Gasteiger partial charge in [-0.3, -0.25) is 19.7 Å². The van der Waals surface area contributed by atoms with Crippen molar-refractivity contribution >= 4 is 28.2 Å². The lowest BCUT2D eigenvalue weighted by atomic mass is 9.92. The Morgan fingerprint density at radius 2 is 1.84 bits per heavy atom. The fourth-order valence-corrected chi connectivity index (χ4v) is 2.85. The van der Waals surface area contributed by atoms with Crippen LogP contribution in [0.2, 0.25) is 0 Å². The van der Waals surface area contributed by atoms with Crippen molar-refractivity contribution in [2.75, 3.05) is 0 Å². The number of carbonyl (C=O) groups is 2. The smallest absolute Gasteiger partial charge is 0.316 e. The van der Waals surface area contributed by atoms with Gasteiger partial charge < -0.3 is 4.74 Å². The van der Waals surface area contributed by atoms with Crippen molar-refractivity contribution in [3.63, 3.8) is 0 Å². The van der Waals surface area contributed by atoms with Crippen LogP contribution in [-0.4, -0.2) is 22.8 Å². The van der Waals surface area contributed by atoms with Crippen molar-refractivity contribution < 1.29 is 19.2 Å². The minimum absolute atomic E-state index is 0.00164. The Hall–Kier alpha value is -2.76. The van der Waals surface area contributed by atoms with E-state index in [-0.39, 0.29) is 30.4 Å². The monoisotopic (exact) mass is 343 g/mol. The lowest BCUT2D eigenvalue weighted by Crippen LogP contribution is -2.27. The van der Waals surface area contributed by atoms with Crippen molar-refractivity contribution in [2.45, 2.75) is 39.7 Å². The summed E-state index contributed by atoms with van der Waals surface area (Å²) in [6, 6.07) is 10.5. The number of ether oxygens (including phenoxy) is 1. The van der Waals surface area contributed by atoms with E-state index in [0.29, 0.717) is 5.56 Å². The molecule has 1 unspecified atom stereocenters. The predicted octanol–water partition coefficient (Wildman–Crippen LogP) is 3.84. The van der Waals surface area contributed by atoms with E-state index in [0.717, 1.165) is 10.8 Å². The first-order chi connectivity index (χ1) is 11.8. The highest BCUT2D eigenvalue weighted by Crippen LogP contribution is 2.30. The van der Waals surface area contributed by atoms with E-state index in [1.165, 1.54) is 13.0 Å². The highest BCUT2D eigenvalue weighted by Gasteiger charge is 2.27. The molecule has 0 saturated heterocycles. The van der Waals surface area contributed by atoms with Crippen molar-refractivity contribution in [3.05, 3.63) is 52.1 Å². The van der Waals surface area contributed by atoms with Gasteiger partial charge in [0, 0.05) is 11.6 Å². The molecule has 2 rings (SSSR count). The van der Waals surface area contributed by atoms with Crippen molar-refractivity contribution in [2.24, 2.45) is 5.92 Å². The molecule has 6 heteroatoms. The normalized spacial score (nSPS) is 12.2. The molecule has 0 aromatic heterocycles. The average Bonchev–Trinajstić information content (AvgIpc) is 2.53. The lowest BCUT2D eigenvalue weighted by molar-refractivity contribution is -0.385. The SMILES string of the molecule is CC(=O)C(CCc1c([N+](=O)[O-])ccc2ccccc12)C(=O)OC(C)C. The number of ketones is 1. The molecule has 0 aliphatic carbocycles. The third kappa shape index (κ3) is 4.41. The molecule has 0 aliphatic rings. The molecule has 132 valence electrons. The van der Waals surface area contributed by atoms with Gasteiger partial charge in [0.05, 0.1) is 11.0 Å². The van der Waals surface area contributed by atoms with Crippen molar-refractivity contribution in [1.29, 1.82) is 0 Å². The van der Waals surface area contributed by atoms with Crippen LogP contribution in [0.3, 0.4) is 0 Å². The number of nitro benzene ring substituents is 1. The number of hydrogen-bond acceptors (Lipinski definition) is 5. The van der Waals surface area contributed by atoms with E-state index < -0.39 is 16.8 Å². The number of fused-ring (bicyclic) bond motifs is 1. The number of carbonyl (C=O) groups excluding carboxylic acids is 2. The van der Waals surface area contributed by atoms with Crippen LogP contribution in [0, 0.1) is 16.0 Å². The first-order valence-electron chi connectivity index (χ1n) is 8.17. The second-order valence-corrected chi connectivity index (χ2v) is 6.23. The highest BCUT2D eigenvalue weighted by molar-refractivity contribution is 5.98. The topological polar surface area (TPSA) is 86.5 Å². The van der Waals surface area contributed by atoms with Crippen molar-refractivity contribution in [3.8, 4) is 0 Å². The van der Waals surface area contributed by atoms with Gasteiger partial charge in [-0.25, -0.2) is 0 Å². The number of nitro groups is 1. The van der Waals surface area contributed by atoms with Crippen molar-refractivity contribution in [1.82, 2.24) is 0 Å². The van der Waals surface area contributed by atoms with E-state index in [9.17, 15) is 19.7 Å². The van der Waals surface area contributed by atoms with Crippen LogP contribution >= 0.6 is 0 Å². The Morgan fingerprint density at radius 1 is 1.16 bits per heavy atom. The molecular formula is C19H21NO5. The summed E-state index contributed by atoms with van der Waals surface area (Å²) in [6.07, 6.45) is 0.103. The molecule has 0 heterocycles. The maximum absolute atomic E-state index is 12.1. The van der Waals surface area contributed by atoms with Gasteiger partial charge >= 0.3 is 5.97 Å². The van der Waals surface area contributed by atoms with Gasteiger partial charge in [0.1, 0.15) is 11.7 Å². The third-order valence-electron chi connectivity index (χ3n) is 4.02. The van der Waals surface area contributed by atoms with Crippen LogP contribution < -0.4 is 0 Å². The molecule has 0 N–H and O–H groups in total. The van der Waals surface area contributed by atoms with Crippen LogP contribution in [0.5, 0.6) is 0 Å². The molecule has 25 heavy (non-hydrogen) atoms. The molecule has 2 aromatic carbocycles. The summed E-state index contributed by atoms with van der Waals surface area (Å²) in [5, 5.41) is 13.0. The summed E-state index contributed by atoms with van der Waals surface area (Å²) in [7, 11) is 0. The number of Topliss-reactive ketones (excluding diaryl/α,β-unsaturated/α-hetero) is 1. The van der Waals surface area contributed by atoms with Crippen LogP contribution in [0.15, 0.2) is 36.4 Å². The summed E-state index contributed by atoms with van der Waals surface area (Å²) < 4.78 is 5.13. The average molecular weight is 343 g/mol. The number of aryl methyl sites for hydroxylation is 1. The molecule has 0 fully saturated rings. The predicted molar refractivity (Wildman–Crippen MR) is 94.3 cm³/mol. The minimum atomic E-state index is -0.916. The number of rotatable bonds is 7. The molecule has 0 bridgehead atoms. The second-order valence-electron chi connectivity index (χ2n) is 6.23. The second kappa shape index (κ2) is 7.88. The maximum Gasteiger partial charge on any atom is 0.316 e. The van der Waals surface area contributed by atoms with Crippen LogP contribution in [0.1, 0.15) is 32.8 Å². The van der Waals surface area contributed by atoms with E-state index in [2.05, 4.69) is 0 Å². The zero-order valence-electron chi connectivity index (χ0n) is 14.5. The number of esters is 1. The molecule has 6 nitrogen and oxygen atoms in total. The fourth-order valence-electron chi connectivity index (χ4n) is 2.85. The van der Waals surface area contributed by atoms with Gasteiger partial charge in [0.25, 0.3) is 5.69 Å². The number of hydrogen-bond donors (Lipinski definition) is 0. The highest BCUT2D eigenvalue weighted by atomic mass is 16.6. The summed E-state index contributed by atoms with van der Waals surface area (Å²) in [5.74, 6) is -1.79.